The number of aromatic nitrogens is 1. The van der Waals surface area contributed by atoms with E-state index in [0.29, 0.717) is 5.13 Å². The highest BCUT2D eigenvalue weighted by molar-refractivity contribution is 7.13. The molecule has 0 unspecified atom stereocenters. The van der Waals surface area contributed by atoms with Gasteiger partial charge in [0.05, 0.1) is 9.88 Å². The van der Waals surface area contributed by atoms with Crippen LogP contribution in [0.1, 0.15) is 27.2 Å². The molecule has 0 aliphatic carbocycles. The van der Waals surface area contributed by atoms with Gasteiger partial charge in [-0.15, -0.1) is 6.58 Å². The van der Waals surface area contributed by atoms with Crippen LogP contribution < -0.4 is 15.6 Å². The van der Waals surface area contributed by atoms with E-state index in [1.54, 1.807) is 0 Å². The maximum atomic E-state index is 5.50. The molecule has 1 rings (SSSR count). The first-order valence-electron chi connectivity index (χ1n) is 4.65. The van der Waals surface area contributed by atoms with Crippen molar-refractivity contribution in [2.75, 3.05) is 5.73 Å². The second kappa shape index (κ2) is 7.33. The molecule has 2 nitrogen and oxygen atoms in total. The van der Waals surface area contributed by atoms with Crippen LogP contribution in [-0.2, 0) is 0 Å². The highest BCUT2D eigenvalue weighted by Gasteiger charge is 1.90. The molecular weight excluding hydrogens is 192 g/mol. The van der Waals surface area contributed by atoms with E-state index in [1.807, 2.05) is 32.1 Å². The molecule has 1 aromatic rings. The van der Waals surface area contributed by atoms with Crippen LogP contribution >= 0.6 is 11.3 Å². The lowest BCUT2D eigenvalue weighted by Gasteiger charge is -1.70. The SMILES string of the molecule is C/C=c1/nc(N)s/c1=C/C.C=CCC. The van der Waals surface area contributed by atoms with E-state index in [4.69, 9.17) is 5.73 Å². The average molecular weight is 210 g/mol. The number of nitrogens with two attached hydrogens (primary N) is 1. The summed E-state index contributed by atoms with van der Waals surface area (Å²) < 4.78 is 1.15. The Morgan fingerprint density at radius 1 is 1.43 bits per heavy atom. The van der Waals surface area contributed by atoms with Crippen LogP contribution in [0.2, 0.25) is 0 Å². The van der Waals surface area contributed by atoms with Gasteiger partial charge in [0.2, 0.25) is 0 Å². The summed E-state index contributed by atoms with van der Waals surface area (Å²) in [5.74, 6) is 0. The molecule has 0 aliphatic rings. The summed E-state index contributed by atoms with van der Waals surface area (Å²) in [4.78, 5) is 4.11. The van der Waals surface area contributed by atoms with Crippen molar-refractivity contribution in [1.29, 1.82) is 0 Å². The van der Waals surface area contributed by atoms with E-state index in [2.05, 4.69) is 18.5 Å². The third-order valence-corrected chi connectivity index (χ3v) is 2.49. The summed E-state index contributed by atoms with van der Waals surface area (Å²) in [7, 11) is 0. The second-order valence-corrected chi connectivity index (χ2v) is 3.64. The Bertz CT molecular complexity index is 345. The number of nitrogen functional groups attached to an aromatic ring is 1. The van der Waals surface area contributed by atoms with Gasteiger partial charge in [0, 0.05) is 0 Å². The van der Waals surface area contributed by atoms with Gasteiger partial charge in [0.15, 0.2) is 5.13 Å². The van der Waals surface area contributed by atoms with Crippen LogP contribution in [0.4, 0.5) is 5.13 Å². The van der Waals surface area contributed by atoms with Gasteiger partial charge in [-0.3, -0.25) is 0 Å². The molecule has 0 bridgehead atoms. The molecule has 0 saturated heterocycles. The molecule has 1 heterocycles. The Balaban J connectivity index is 0.000000364. The van der Waals surface area contributed by atoms with Crippen LogP contribution in [-0.4, -0.2) is 4.98 Å². The van der Waals surface area contributed by atoms with Gasteiger partial charge >= 0.3 is 0 Å². The summed E-state index contributed by atoms with van der Waals surface area (Å²) in [6.07, 6.45) is 6.94. The second-order valence-electron chi connectivity index (χ2n) is 2.58. The molecule has 0 atom stereocenters. The zero-order valence-electron chi connectivity index (χ0n) is 9.08. The van der Waals surface area contributed by atoms with E-state index in [0.717, 1.165) is 16.3 Å². The number of hydrogen-bond acceptors (Lipinski definition) is 3. The zero-order valence-corrected chi connectivity index (χ0v) is 9.90. The largest absolute Gasteiger partial charge is 0.375 e. The first-order chi connectivity index (χ1) is 6.69. The molecule has 78 valence electrons. The standard InChI is InChI=1S/C7H10N2S.C4H8/c1-3-5-6(4-2)10-7(8)9-5;1-3-4-2/h3-4H,1-2H3,(H2,8,9);3H,1,4H2,2H3/b5-3+,6-4+;. The Morgan fingerprint density at radius 3 is 2.29 bits per heavy atom. The van der Waals surface area contributed by atoms with E-state index in [9.17, 15) is 0 Å². The molecule has 0 aromatic carbocycles. The van der Waals surface area contributed by atoms with E-state index in [1.165, 1.54) is 11.3 Å². The number of thiazole rings is 1. The summed E-state index contributed by atoms with van der Waals surface area (Å²) in [5, 5.41) is 1.63. The van der Waals surface area contributed by atoms with Crippen LogP contribution in [0.15, 0.2) is 12.7 Å². The van der Waals surface area contributed by atoms with Crippen molar-refractivity contribution in [2.24, 2.45) is 0 Å². The highest BCUT2D eigenvalue weighted by Crippen LogP contribution is 1.93. The molecule has 14 heavy (non-hydrogen) atoms. The van der Waals surface area contributed by atoms with Crippen LogP contribution in [0.5, 0.6) is 0 Å². The number of nitrogens with zero attached hydrogens (tertiary/aromatic N) is 1. The van der Waals surface area contributed by atoms with Crippen molar-refractivity contribution in [3.8, 4) is 0 Å². The number of anilines is 1. The first kappa shape index (κ1) is 12.9. The van der Waals surface area contributed by atoms with Crippen molar-refractivity contribution >= 4 is 28.6 Å². The lowest BCUT2D eigenvalue weighted by atomic mass is 10.5. The first-order valence-corrected chi connectivity index (χ1v) is 5.47. The predicted molar refractivity (Wildman–Crippen MR) is 66.5 cm³/mol. The maximum absolute atomic E-state index is 5.50. The average Bonchev–Trinajstić information content (AvgIpc) is 2.59. The number of rotatable bonds is 1. The van der Waals surface area contributed by atoms with Crippen LogP contribution in [0.25, 0.3) is 12.2 Å². The van der Waals surface area contributed by atoms with Gasteiger partial charge < -0.3 is 5.73 Å². The monoisotopic (exact) mass is 210 g/mol. The van der Waals surface area contributed by atoms with Crippen LogP contribution in [0.3, 0.4) is 0 Å². The summed E-state index contributed by atoms with van der Waals surface area (Å²) in [6, 6.07) is 0. The van der Waals surface area contributed by atoms with Crippen molar-refractivity contribution in [3.63, 3.8) is 0 Å². The van der Waals surface area contributed by atoms with Gasteiger partial charge in [-0.1, -0.05) is 36.5 Å². The molecule has 0 amide bonds. The smallest absolute Gasteiger partial charge is 0.181 e. The summed E-state index contributed by atoms with van der Waals surface area (Å²) in [6.45, 7) is 9.49. The molecule has 3 heteroatoms. The minimum Gasteiger partial charge on any atom is -0.375 e. The minimum absolute atomic E-state index is 0.640. The van der Waals surface area contributed by atoms with Gasteiger partial charge in [-0.2, -0.15) is 0 Å². The quantitative estimate of drug-likeness (QED) is 0.719. The fourth-order valence-corrected chi connectivity index (χ4v) is 1.53. The summed E-state index contributed by atoms with van der Waals surface area (Å²) >= 11 is 1.52. The van der Waals surface area contributed by atoms with E-state index >= 15 is 0 Å². The van der Waals surface area contributed by atoms with Crippen molar-refractivity contribution in [2.45, 2.75) is 27.2 Å². The van der Waals surface area contributed by atoms with Gasteiger partial charge in [0.25, 0.3) is 0 Å². The Kier molecular flexibility index (Phi) is 6.76. The lowest BCUT2D eigenvalue weighted by molar-refractivity contribution is 1.23. The third-order valence-electron chi connectivity index (χ3n) is 1.52. The topological polar surface area (TPSA) is 38.9 Å². The molecular formula is C11H18N2S. The van der Waals surface area contributed by atoms with Gasteiger partial charge in [0.1, 0.15) is 0 Å². The lowest BCUT2D eigenvalue weighted by Crippen LogP contribution is -2.19. The van der Waals surface area contributed by atoms with Gasteiger partial charge in [-0.25, -0.2) is 4.98 Å². The highest BCUT2D eigenvalue weighted by atomic mass is 32.1. The molecule has 0 radical (unpaired) electrons. The molecule has 2 N–H and O–H groups in total. The molecule has 0 saturated carbocycles. The van der Waals surface area contributed by atoms with Crippen molar-refractivity contribution in [3.05, 3.63) is 22.5 Å². The van der Waals surface area contributed by atoms with Gasteiger partial charge in [-0.05, 0) is 20.3 Å². The molecule has 0 fully saturated rings. The van der Waals surface area contributed by atoms with Crippen molar-refractivity contribution in [1.82, 2.24) is 4.98 Å². The molecule has 1 aromatic heterocycles. The normalized spacial score (nSPS) is 12.2. The van der Waals surface area contributed by atoms with E-state index in [-0.39, 0.29) is 0 Å². The predicted octanol–water partition coefficient (Wildman–Crippen LogP) is 1.91. The number of allylic oxidation sites excluding steroid dienone is 1. The molecule has 0 aliphatic heterocycles. The Hall–Kier alpha value is -1.09. The zero-order chi connectivity index (χ0) is 11.0. The Labute approximate surface area is 89.5 Å². The minimum atomic E-state index is 0.640. The van der Waals surface area contributed by atoms with Crippen molar-refractivity contribution < 1.29 is 0 Å². The Morgan fingerprint density at radius 2 is 2.00 bits per heavy atom. The number of hydrogen-bond donors (Lipinski definition) is 1. The maximum Gasteiger partial charge on any atom is 0.181 e. The fourth-order valence-electron chi connectivity index (χ4n) is 0.775. The summed E-state index contributed by atoms with van der Waals surface area (Å²) in [5.41, 5.74) is 5.50. The van der Waals surface area contributed by atoms with Crippen LogP contribution in [0, 0.1) is 0 Å². The third kappa shape index (κ3) is 4.23. The van der Waals surface area contributed by atoms with E-state index < -0.39 is 0 Å². The molecule has 0 spiro atoms. The fraction of sp³-hybridized carbons (Fsp3) is 0.364.